The Bertz CT molecular complexity index is 331. The summed E-state index contributed by atoms with van der Waals surface area (Å²) < 4.78 is 0. The van der Waals surface area contributed by atoms with Crippen molar-refractivity contribution < 1.29 is 0 Å². The van der Waals surface area contributed by atoms with Gasteiger partial charge >= 0.3 is 0 Å². The van der Waals surface area contributed by atoms with Gasteiger partial charge < -0.3 is 10.2 Å². The van der Waals surface area contributed by atoms with E-state index in [0.29, 0.717) is 0 Å². The van der Waals surface area contributed by atoms with Gasteiger partial charge in [-0.15, -0.1) is 0 Å². The molecule has 0 atom stereocenters. The van der Waals surface area contributed by atoms with E-state index in [1.165, 1.54) is 5.56 Å². The van der Waals surface area contributed by atoms with E-state index in [1.54, 1.807) is 0 Å². The minimum Gasteiger partial charge on any atom is -0.312 e. The molecule has 0 fully saturated rings. The van der Waals surface area contributed by atoms with E-state index in [0.717, 1.165) is 24.7 Å². The van der Waals surface area contributed by atoms with Gasteiger partial charge in [-0.1, -0.05) is 37.6 Å². The molecule has 0 aliphatic rings. The SMILES string of the molecule is CN(C)CC(C)(C)CNCc1ccc(Cl)cc1. The molecule has 0 saturated heterocycles. The average Bonchev–Trinajstić information content (AvgIpc) is 2.18. The maximum absolute atomic E-state index is 5.85. The van der Waals surface area contributed by atoms with Crippen LogP contribution < -0.4 is 5.32 Å². The van der Waals surface area contributed by atoms with Crippen molar-refractivity contribution in [2.24, 2.45) is 5.41 Å². The number of benzene rings is 1. The minimum absolute atomic E-state index is 0.288. The van der Waals surface area contributed by atoms with E-state index in [1.807, 2.05) is 12.1 Å². The summed E-state index contributed by atoms with van der Waals surface area (Å²) in [5, 5.41) is 4.29. The number of hydrogen-bond acceptors (Lipinski definition) is 2. The van der Waals surface area contributed by atoms with Crippen LogP contribution in [0.5, 0.6) is 0 Å². The molecule has 0 spiro atoms. The fourth-order valence-corrected chi connectivity index (χ4v) is 2.19. The summed E-state index contributed by atoms with van der Waals surface area (Å²) in [6.07, 6.45) is 0. The summed E-state index contributed by atoms with van der Waals surface area (Å²) in [6.45, 7) is 7.55. The highest BCUT2D eigenvalue weighted by Crippen LogP contribution is 2.15. The molecule has 0 aliphatic carbocycles. The van der Waals surface area contributed by atoms with Crippen molar-refractivity contribution in [1.82, 2.24) is 10.2 Å². The quantitative estimate of drug-likeness (QED) is 0.840. The summed E-state index contributed by atoms with van der Waals surface area (Å²) in [5.74, 6) is 0. The third-order valence-electron chi connectivity index (χ3n) is 2.59. The second-order valence-electron chi connectivity index (χ2n) is 5.63. The third-order valence-corrected chi connectivity index (χ3v) is 2.84. The molecule has 0 heterocycles. The van der Waals surface area contributed by atoms with Crippen molar-refractivity contribution in [1.29, 1.82) is 0 Å². The van der Waals surface area contributed by atoms with Gasteiger partial charge in [-0.3, -0.25) is 0 Å². The van der Waals surface area contributed by atoms with Gasteiger partial charge in [-0.2, -0.15) is 0 Å². The van der Waals surface area contributed by atoms with Gasteiger partial charge in [0.15, 0.2) is 0 Å². The first-order valence-electron chi connectivity index (χ1n) is 5.99. The van der Waals surface area contributed by atoms with Crippen LogP contribution in [0.2, 0.25) is 5.02 Å². The standard InChI is InChI=1S/C14H23ClN2/c1-14(2,11-17(3)4)10-16-9-12-5-7-13(15)8-6-12/h5-8,16H,9-11H2,1-4H3. The van der Waals surface area contributed by atoms with Gasteiger partial charge in [0.05, 0.1) is 0 Å². The Labute approximate surface area is 110 Å². The fraction of sp³-hybridized carbons (Fsp3) is 0.571. The Balaban J connectivity index is 2.34. The lowest BCUT2D eigenvalue weighted by atomic mass is 9.93. The summed E-state index contributed by atoms with van der Waals surface area (Å²) >= 11 is 5.85. The minimum atomic E-state index is 0.288. The topological polar surface area (TPSA) is 15.3 Å². The zero-order valence-electron chi connectivity index (χ0n) is 11.3. The Hall–Kier alpha value is -0.570. The molecule has 0 radical (unpaired) electrons. The first-order valence-corrected chi connectivity index (χ1v) is 6.37. The molecule has 0 aliphatic heterocycles. The van der Waals surface area contributed by atoms with Crippen molar-refractivity contribution in [2.45, 2.75) is 20.4 Å². The molecule has 96 valence electrons. The van der Waals surface area contributed by atoms with Crippen LogP contribution in [0.1, 0.15) is 19.4 Å². The van der Waals surface area contributed by atoms with Crippen LogP contribution in [-0.4, -0.2) is 32.1 Å². The lowest BCUT2D eigenvalue weighted by Crippen LogP contribution is -2.37. The second kappa shape index (κ2) is 6.39. The van der Waals surface area contributed by atoms with Crippen LogP contribution in [0.15, 0.2) is 24.3 Å². The number of nitrogens with zero attached hydrogens (tertiary/aromatic N) is 1. The highest BCUT2D eigenvalue weighted by atomic mass is 35.5. The molecular formula is C14H23ClN2. The number of halogens is 1. The van der Waals surface area contributed by atoms with Crippen LogP contribution in [0.25, 0.3) is 0 Å². The van der Waals surface area contributed by atoms with Crippen molar-refractivity contribution in [3.05, 3.63) is 34.9 Å². The number of rotatable bonds is 6. The van der Waals surface area contributed by atoms with E-state index < -0.39 is 0 Å². The highest BCUT2D eigenvalue weighted by Gasteiger charge is 2.17. The molecule has 0 unspecified atom stereocenters. The van der Waals surface area contributed by atoms with E-state index in [2.05, 4.69) is 50.3 Å². The van der Waals surface area contributed by atoms with Gasteiger partial charge in [-0.25, -0.2) is 0 Å². The predicted molar refractivity (Wildman–Crippen MR) is 75.5 cm³/mol. The molecule has 0 bridgehead atoms. The summed E-state index contributed by atoms with van der Waals surface area (Å²) in [6, 6.07) is 8.00. The second-order valence-corrected chi connectivity index (χ2v) is 6.07. The van der Waals surface area contributed by atoms with E-state index in [-0.39, 0.29) is 5.41 Å². The summed E-state index contributed by atoms with van der Waals surface area (Å²) in [4.78, 5) is 2.23. The molecule has 17 heavy (non-hydrogen) atoms. The van der Waals surface area contributed by atoms with Crippen LogP contribution in [0.4, 0.5) is 0 Å². The van der Waals surface area contributed by atoms with Crippen molar-refractivity contribution in [2.75, 3.05) is 27.2 Å². The van der Waals surface area contributed by atoms with E-state index in [4.69, 9.17) is 11.6 Å². The number of nitrogens with one attached hydrogen (secondary N) is 1. The Kier molecular flexibility index (Phi) is 5.44. The smallest absolute Gasteiger partial charge is 0.0406 e. The third kappa shape index (κ3) is 6.06. The first-order chi connectivity index (χ1) is 7.89. The van der Waals surface area contributed by atoms with E-state index in [9.17, 15) is 0 Å². The molecule has 1 rings (SSSR count). The van der Waals surface area contributed by atoms with Gasteiger partial charge in [0.25, 0.3) is 0 Å². The monoisotopic (exact) mass is 254 g/mol. The Morgan fingerprint density at radius 3 is 2.29 bits per heavy atom. The molecule has 1 aromatic carbocycles. The fourth-order valence-electron chi connectivity index (χ4n) is 2.06. The largest absolute Gasteiger partial charge is 0.312 e. The van der Waals surface area contributed by atoms with Crippen LogP contribution in [0, 0.1) is 5.41 Å². The normalized spacial score (nSPS) is 12.1. The van der Waals surface area contributed by atoms with E-state index >= 15 is 0 Å². The molecule has 2 nitrogen and oxygen atoms in total. The average molecular weight is 255 g/mol. The lowest BCUT2D eigenvalue weighted by Gasteiger charge is -2.28. The predicted octanol–water partition coefficient (Wildman–Crippen LogP) is 3.02. The van der Waals surface area contributed by atoms with Crippen molar-refractivity contribution in [3.63, 3.8) is 0 Å². The number of hydrogen-bond donors (Lipinski definition) is 1. The molecule has 1 aromatic rings. The molecule has 0 aromatic heterocycles. The van der Waals surface area contributed by atoms with Crippen LogP contribution in [-0.2, 0) is 6.54 Å². The lowest BCUT2D eigenvalue weighted by molar-refractivity contribution is 0.232. The zero-order valence-corrected chi connectivity index (χ0v) is 12.0. The maximum atomic E-state index is 5.85. The maximum Gasteiger partial charge on any atom is 0.0406 e. The Morgan fingerprint density at radius 2 is 1.76 bits per heavy atom. The first kappa shape index (κ1) is 14.5. The van der Waals surface area contributed by atoms with Gasteiger partial charge in [0.1, 0.15) is 0 Å². The molecule has 3 heteroatoms. The zero-order chi connectivity index (χ0) is 12.9. The van der Waals surface area contributed by atoms with Crippen molar-refractivity contribution >= 4 is 11.6 Å². The molecule has 1 N–H and O–H groups in total. The molecular weight excluding hydrogens is 232 g/mol. The Morgan fingerprint density at radius 1 is 1.18 bits per heavy atom. The van der Waals surface area contributed by atoms with Gasteiger partial charge in [0.2, 0.25) is 0 Å². The highest BCUT2D eigenvalue weighted by molar-refractivity contribution is 6.30. The molecule has 0 amide bonds. The summed E-state index contributed by atoms with van der Waals surface area (Å²) in [7, 11) is 4.22. The molecule has 0 saturated carbocycles. The van der Waals surface area contributed by atoms with Crippen LogP contribution >= 0.6 is 11.6 Å². The van der Waals surface area contributed by atoms with Crippen molar-refractivity contribution in [3.8, 4) is 0 Å². The van der Waals surface area contributed by atoms with Crippen LogP contribution in [0.3, 0.4) is 0 Å². The van der Waals surface area contributed by atoms with Gasteiger partial charge in [0, 0.05) is 24.7 Å². The summed E-state index contributed by atoms with van der Waals surface area (Å²) in [5.41, 5.74) is 1.56. The van der Waals surface area contributed by atoms with Gasteiger partial charge in [-0.05, 0) is 37.2 Å².